The molecule has 0 radical (unpaired) electrons. The van der Waals surface area contributed by atoms with Crippen molar-refractivity contribution in [2.24, 2.45) is 0 Å². The average molecular weight is 450 g/mol. The van der Waals surface area contributed by atoms with E-state index in [9.17, 15) is 4.79 Å². The molecule has 2 aromatic carbocycles. The van der Waals surface area contributed by atoms with E-state index in [1.54, 1.807) is 24.3 Å². The number of hydrogen-bond donors (Lipinski definition) is 0. The van der Waals surface area contributed by atoms with E-state index in [2.05, 4.69) is 0 Å². The first-order valence-electron chi connectivity index (χ1n) is 9.68. The Morgan fingerprint density at radius 1 is 0.719 bits per heavy atom. The highest BCUT2D eigenvalue weighted by molar-refractivity contribution is 5.69. The molecule has 1 unspecified atom stereocenters. The Balaban J connectivity index is 2.92. The fourth-order valence-electron chi connectivity index (χ4n) is 3.49. The summed E-state index contributed by atoms with van der Waals surface area (Å²) >= 11 is 0. The number of carbonyl (C=O) groups is 1. The van der Waals surface area contributed by atoms with Gasteiger partial charge in [-0.15, -0.1) is 0 Å². The Hall–Kier alpha value is -3.17. The fourth-order valence-corrected chi connectivity index (χ4v) is 3.49. The van der Waals surface area contributed by atoms with Crippen molar-refractivity contribution in [3.63, 3.8) is 0 Å². The van der Waals surface area contributed by atoms with E-state index in [-0.39, 0.29) is 0 Å². The van der Waals surface area contributed by atoms with Crippen LogP contribution in [0.3, 0.4) is 0 Å². The van der Waals surface area contributed by atoms with Gasteiger partial charge in [0.25, 0.3) is 0 Å². The van der Waals surface area contributed by atoms with Crippen LogP contribution in [0.5, 0.6) is 28.7 Å². The molecule has 0 amide bonds. The zero-order valence-corrected chi connectivity index (χ0v) is 19.6. The molecule has 2 rings (SSSR count). The minimum Gasteiger partial charge on any atom is -0.493 e. The maximum atomic E-state index is 12.1. The van der Waals surface area contributed by atoms with E-state index in [1.165, 1.54) is 56.7 Å². The molecule has 1 atom stereocenters. The Morgan fingerprint density at radius 2 is 1.31 bits per heavy atom. The molecule has 0 spiro atoms. The molecule has 0 heterocycles. The quantitative estimate of drug-likeness (QED) is 0.376. The van der Waals surface area contributed by atoms with E-state index >= 15 is 0 Å². The number of esters is 1. The molecule has 0 aliphatic carbocycles. The molecular weight excluding hydrogens is 420 g/mol. The standard InChI is InChI=1S/C23H30O9/c1-13(24)32-20(14-9-10-16(25-2)17(11-14)26-3)19-15(23(30-7)31-8)12-18(27-4)21(28-5)22(19)29-6/h9-12,20,23H,1-8H3. The first kappa shape index (κ1) is 25.1. The van der Waals surface area contributed by atoms with Gasteiger partial charge in [-0.2, -0.15) is 0 Å². The number of benzene rings is 2. The third-order valence-electron chi connectivity index (χ3n) is 4.84. The lowest BCUT2D eigenvalue weighted by Crippen LogP contribution is -2.17. The largest absolute Gasteiger partial charge is 0.493 e. The molecule has 0 aromatic heterocycles. The molecule has 0 saturated heterocycles. The van der Waals surface area contributed by atoms with Crippen molar-refractivity contribution in [3.8, 4) is 28.7 Å². The summed E-state index contributed by atoms with van der Waals surface area (Å²) in [5, 5.41) is 0. The highest BCUT2D eigenvalue weighted by Gasteiger charge is 2.33. The monoisotopic (exact) mass is 450 g/mol. The maximum absolute atomic E-state index is 12.1. The zero-order valence-electron chi connectivity index (χ0n) is 19.6. The number of carbonyl (C=O) groups excluding carboxylic acids is 1. The van der Waals surface area contributed by atoms with Crippen LogP contribution >= 0.6 is 0 Å². The van der Waals surface area contributed by atoms with Gasteiger partial charge in [0.1, 0.15) is 0 Å². The lowest BCUT2D eigenvalue weighted by molar-refractivity contribution is -0.145. The molecule has 176 valence electrons. The van der Waals surface area contributed by atoms with Crippen LogP contribution < -0.4 is 23.7 Å². The van der Waals surface area contributed by atoms with Crippen LogP contribution in [0.15, 0.2) is 24.3 Å². The van der Waals surface area contributed by atoms with Crippen LogP contribution in [0.1, 0.15) is 36.0 Å². The summed E-state index contributed by atoms with van der Waals surface area (Å²) in [6, 6.07) is 6.91. The summed E-state index contributed by atoms with van der Waals surface area (Å²) < 4.78 is 44.3. The molecule has 9 heteroatoms. The molecule has 0 N–H and O–H groups in total. The summed E-state index contributed by atoms with van der Waals surface area (Å²) in [6.07, 6.45) is -1.72. The molecule has 0 aliphatic rings. The summed E-state index contributed by atoms with van der Waals surface area (Å²) in [5.41, 5.74) is 1.61. The van der Waals surface area contributed by atoms with E-state index in [1.807, 2.05) is 0 Å². The number of ether oxygens (including phenoxy) is 8. The molecular formula is C23H30O9. The van der Waals surface area contributed by atoms with Crippen molar-refractivity contribution in [3.05, 3.63) is 41.0 Å². The van der Waals surface area contributed by atoms with Gasteiger partial charge >= 0.3 is 5.97 Å². The molecule has 0 saturated carbocycles. The molecule has 0 aliphatic heterocycles. The van der Waals surface area contributed by atoms with E-state index in [0.29, 0.717) is 45.4 Å². The van der Waals surface area contributed by atoms with Crippen molar-refractivity contribution in [2.75, 3.05) is 49.8 Å². The Kier molecular flexibility index (Phi) is 8.98. The van der Waals surface area contributed by atoms with E-state index < -0.39 is 18.4 Å². The van der Waals surface area contributed by atoms with E-state index in [4.69, 9.17) is 37.9 Å². The second-order valence-corrected chi connectivity index (χ2v) is 6.56. The van der Waals surface area contributed by atoms with Gasteiger partial charge in [-0.3, -0.25) is 4.79 Å². The Bertz CT molecular complexity index is 922. The van der Waals surface area contributed by atoms with Crippen LogP contribution in [-0.4, -0.2) is 55.7 Å². The second kappa shape index (κ2) is 11.4. The summed E-state index contributed by atoms with van der Waals surface area (Å²) in [4.78, 5) is 12.1. The SMILES string of the molecule is COc1ccc(C(OC(C)=O)c2c(C(OC)OC)cc(OC)c(OC)c2OC)cc1OC. The van der Waals surface area contributed by atoms with Gasteiger partial charge in [0.2, 0.25) is 5.75 Å². The zero-order chi connectivity index (χ0) is 23.8. The van der Waals surface area contributed by atoms with Gasteiger partial charge in [-0.1, -0.05) is 6.07 Å². The van der Waals surface area contributed by atoms with Crippen molar-refractivity contribution in [2.45, 2.75) is 19.3 Å². The minimum atomic E-state index is -0.912. The third kappa shape index (κ3) is 5.00. The normalized spacial score (nSPS) is 11.7. The molecule has 2 aromatic rings. The van der Waals surface area contributed by atoms with Crippen LogP contribution in [0.25, 0.3) is 0 Å². The second-order valence-electron chi connectivity index (χ2n) is 6.56. The summed E-state index contributed by atoms with van der Waals surface area (Å²) in [6.45, 7) is 1.32. The predicted octanol–water partition coefficient (Wildman–Crippen LogP) is 3.67. The maximum Gasteiger partial charge on any atom is 0.303 e. The van der Waals surface area contributed by atoms with Gasteiger partial charge in [0.15, 0.2) is 35.4 Å². The van der Waals surface area contributed by atoms with Crippen LogP contribution in [0.4, 0.5) is 0 Å². The highest BCUT2D eigenvalue weighted by Crippen LogP contribution is 2.49. The summed E-state index contributed by atoms with van der Waals surface area (Å²) in [7, 11) is 10.5. The van der Waals surface area contributed by atoms with Gasteiger partial charge in [-0.25, -0.2) is 0 Å². The Morgan fingerprint density at radius 3 is 1.78 bits per heavy atom. The smallest absolute Gasteiger partial charge is 0.303 e. The van der Waals surface area contributed by atoms with Crippen molar-refractivity contribution in [1.29, 1.82) is 0 Å². The highest BCUT2D eigenvalue weighted by atomic mass is 16.7. The lowest BCUT2D eigenvalue weighted by atomic mass is 9.93. The van der Waals surface area contributed by atoms with Crippen molar-refractivity contribution >= 4 is 5.97 Å². The van der Waals surface area contributed by atoms with Crippen LogP contribution in [-0.2, 0) is 19.0 Å². The van der Waals surface area contributed by atoms with Crippen molar-refractivity contribution in [1.82, 2.24) is 0 Å². The molecule has 32 heavy (non-hydrogen) atoms. The van der Waals surface area contributed by atoms with Gasteiger partial charge in [0.05, 0.1) is 41.1 Å². The third-order valence-corrected chi connectivity index (χ3v) is 4.84. The fraction of sp³-hybridized carbons (Fsp3) is 0.435. The molecule has 0 fully saturated rings. The van der Waals surface area contributed by atoms with Gasteiger partial charge < -0.3 is 37.9 Å². The van der Waals surface area contributed by atoms with Crippen molar-refractivity contribution < 1.29 is 42.7 Å². The number of hydrogen-bond acceptors (Lipinski definition) is 9. The van der Waals surface area contributed by atoms with Gasteiger partial charge in [0, 0.05) is 32.3 Å². The minimum absolute atomic E-state index is 0.307. The topological polar surface area (TPSA) is 90.9 Å². The van der Waals surface area contributed by atoms with Crippen LogP contribution in [0.2, 0.25) is 0 Å². The average Bonchev–Trinajstić information content (AvgIpc) is 2.81. The first-order chi connectivity index (χ1) is 15.4. The summed E-state index contributed by atoms with van der Waals surface area (Å²) in [5.74, 6) is 1.54. The van der Waals surface area contributed by atoms with E-state index in [0.717, 1.165) is 0 Å². The Labute approximate surface area is 188 Å². The lowest BCUT2D eigenvalue weighted by Gasteiger charge is -2.28. The van der Waals surface area contributed by atoms with Crippen LogP contribution in [0, 0.1) is 0 Å². The molecule has 9 nitrogen and oxygen atoms in total. The number of rotatable bonds is 11. The number of methoxy groups -OCH3 is 7. The van der Waals surface area contributed by atoms with Gasteiger partial charge in [-0.05, 0) is 18.2 Å². The first-order valence-corrected chi connectivity index (χ1v) is 9.68. The molecule has 0 bridgehead atoms. The predicted molar refractivity (Wildman–Crippen MR) is 116 cm³/mol.